The van der Waals surface area contributed by atoms with Crippen LogP contribution in [-0.4, -0.2) is 27.5 Å². The summed E-state index contributed by atoms with van der Waals surface area (Å²) in [6.07, 6.45) is 4.00. The molecular formula is C19H21N3O2. The second-order valence-electron chi connectivity index (χ2n) is 6.64. The smallest absolute Gasteiger partial charge is 0.229 e. The van der Waals surface area contributed by atoms with E-state index in [1.165, 1.54) is 0 Å². The van der Waals surface area contributed by atoms with Gasteiger partial charge in [-0.2, -0.15) is 5.10 Å². The number of nitrogens with zero attached hydrogens (tertiary/aromatic N) is 2. The van der Waals surface area contributed by atoms with Gasteiger partial charge < -0.3 is 9.32 Å². The van der Waals surface area contributed by atoms with Gasteiger partial charge >= 0.3 is 0 Å². The van der Waals surface area contributed by atoms with Crippen LogP contribution in [0.15, 0.2) is 47.1 Å². The number of furan rings is 1. The van der Waals surface area contributed by atoms with Crippen LogP contribution in [0.3, 0.4) is 0 Å². The monoisotopic (exact) mass is 323 g/mol. The minimum absolute atomic E-state index is 0.0328. The third-order valence-electron chi connectivity index (χ3n) is 4.93. The molecule has 2 aromatic heterocycles. The number of H-pyrrole nitrogens is 1. The number of benzene rings is 1. The molecule has 24 heavy (non-hydrogen) atoms. The van der Waals surface area contributed by atoms with Gasteiger partial charge in [0.05, 0.1) is 29.9 Å². The Morgan fingerprint density at radius 3 is 3.04 bits per heavy atom. The van der Waals surface area contributed by atoms with E-state index in [9.17, 15) is 4.79 Å². The zero-order valence-corrected chi connectivity index (χ0v) is 13.7. The highest BCUT2D eigenvalue weighted by Crippen LogP contribution is 2.34. The number of amides is 1. The van der Waals surface area contributed by atoms with Crippen molar-refractivity contribution >= 4 is 16.8 Å². The van der Waals surface area contributed by atoms with Crippen molar-refractivity contribution in [2.75, 3.05) is 6.54 Å². The molecule has 5 nitrogen and oxygen atoms in total. The normalized spacial score (nSPS) is 21.3. The molecule has 0 bridgehead atoms. The Labute approximate surface area is 140 Å². The topological polar surface area (TPSA) is 62.1 Å². The standard InChI is InChI=1S/C19H21N3O2/c1-13-8-9-22(17(11-13)18-7-4-10-24-18)19(23)12-16-14-5-2-3-6-15(14)20-21-16/h2-7,10,13,17H,8-9,11-12H2,1H3,(H,20,21)/t13-,17-/m0/s1. The van der Waals surface area contributed by atoms with E-state index in [0.29, 0.717) is 12.3 Å². The van der Waals surface area contributed by atoms with Gasteiger partial charge in [0.25, 0.3) is 0 Å². The Morgan fingerprint density at radius 2 is 2.21 bits per heavy atom. The van der Waals surface area contributed by atoms with Crippen molar-refractivity contribution in [1.29, 1.82) is 0 Å². The fourth-order valence-electron chi connectivity index (χ4n) is 3.59. The molecule has 0 unspecified atom stereocenters. The molecule has 1 aliphatic heterocycles. The first-order valence-corrected chi connectivity index (χ1v) is 8.47. The van der Waals surface area contributed by atoms with Crippen LogP contribution in [0.5, 0.6) is 0 Å². The molecule has 0 aliphatic carbocycles. The van der Waals surface area contributed by atoms with Gasteiger partial charge in [0.15, 0.2) is 0 Å². The number of carbonyl (C=O) groups is 1. The number of para-hydroxylation sites is 1. The maximum atomic E-state index is 13.0. The van der Waals surface area contributed by atoms with Crippen LogP contribution in [0.1, 0.15) is 37.3 Å². The molecule has 1 amide bonds. The number of likely N-dealkylation sites (tertiary alicyclic amines) is 1. The lowest BCUT2D eigenvalue weighted by atomic mass is 9.90. The lowest BCUT2D eigenvalue weighted by Gasteiger charge is -2.37. The molecular weight excluding hydrogens is 302 g/mol. The van der Waals surface area contributed by atoms with Crippen LogP contribution in [0.4, 0.5) is 0 Å². The molecule has 0 saturated carbocycles. The molecule has 1 saturated heterocycles. The van der Waals surface area contributed by atoms with Crippen LogP contribution in [-0.2, 0) is 11.2 Å². The summed E-state index contributed by atoms with van der Waals surface area (Å²) in [5.74, 6) is 1.60. The Kier molecular flexibility index (Phi) is 3.84. The molecule has 1 aliphatic rings. The van der Waals surface area contributed by atoms with Gasteiger partial charge in [0.1, 0.15) is 5.76 Å². The highest BCUT2D eigenvalue weighted by molar-refractivity contribution is 5.87. The van der Waals surface area contributed by atoms with E-state index in [2.05, 4.69) is 17.1 Å². The maximum Gasteiger partial charge on any atom is 0.229 e. The van der Waals surface area contributed by atoms with E-state index in [1.54, 1.807) is 6.26 Å². The van der Waals surface area contributed by atoms with Gasteiger partial charge in [0.2, 0.25) is 5.91 Å². The maximum absolute atomic E-state index is 13.0. The van der Waals surface area contributed by atoms with E-state index >= 15 is 0 Å². The number of hydrogen-bond acceptors (Lipinski definition) is 3. The Morgan fingerprint density at radius 1 is 1.33 bits per heavy atom. The lowest BCUT2D eigenvalue weighted by Crippen LogP contribution is -2.41. The SMILES string of the molecule is C[C@H]1CCN(C(=O)Cc2[nH]nc3ccccc23)[C@H](c2ccco2)C1. The average Bonchev–Trinajstić information content (AvgIpc) is 3.25. The summed E-state index contributed by atoms with van der Waals surface area (Å²) in [6, 6.07) is 11.8. The van der Waals surface area contributed by atoms with Crippen molar-refractivity contribution in [2.45, 2.75) is 32.2 Å². The number of piperidine rings is 1. The van der Waals surface area contributed by atoms with Crippen LogP contribution >= 0.6 is 0 Å². The zero-order valence-electron chi connectivity index (χ0n) is 13.7. The predicted molar refractivity (Wildman–Crippen MR) is 91.4 cm³/mol. The first kappa shape index (κ1) is 15.0. The molecule has 0 spiro atoms. The molecule has 1 N–H and O–H groups in total. The highest BCUT2D eigenvalue weighted by atomic mass is 16.3. The summed E-state index contributed by atoms with van der Waals surface area (Å²) in [4.78, 5) is 14.9. The fraction of sp³-hybridized carbons (Fsp3) is 0.368. The molecule has 5 heteroatoms. The summed E-state index contributed by atoms with van der Waals surface area (Å²) in [7, 11) is 0. The Bertz CT molecular complexity index is 837. The van der Waals surface area contributed by atoms with Crippen molar-refractivity contribution in [3.63, 3.8) is 0 Å². The summed E-state index contributed by atoms with van der Waals surface area (Å²) in [5.41, 5.74) is 1.78. The predicted octanol–water partition coefficient (Wildman–Crippen LogP) is 3.70. The summed E-state index contributed by atoms with van der Waals surface area (Å²) < 4.78 is 5.59. The summed E-state index contributed by atoms with van der Waals surface area (Å²) in [5, 5.41) is 8.32. The molecule has 3 heterocycles. The molecule has 2 atom stereocenters. The Balaban J connectivity index is 1.58. The first-order valence-electron chi connectivity index (χ1n) is 8.47. The van der Waals surface area contributed by atoms with Gasteiger partial charge in [-0.15, -0.1) is 0 Å². The third kappa shape index (κ3) is 2.70. The molecule has 0 radical (unpaired) electrons. The van der Waals surface area contributed by atoms with Crippen molar-refractivity contribution in [2.24, 2.45) is 5.92 Å². The van der Waals surface area contributed by atoms with E-state index in [-0.39, 0.29) is 11.9 Å². The van der Waals surface area contributed by atoms with E-state index in [1.807, 2.05) is 41.3 Å². The summed E-state index contributed by atoms with van der Waals surface area (Å²) in [6.45, 7) is 3.01. The van der Waals surface area contributed by atoms with Crippen molar-refractivity contribution in [3.05, 3.63) is 54.1 Å². The number of hydrogen-bond donors (Lipinski definition) is 1. The minimum atomic E-state index is 0.0328. The first-order chi connectivity index (χ1) is 11.7. The second kappa shape index (κ2) is 6.15. The van der Waals surface area contributed by atoms with Crippen molar-refractivity contribution in [1.82, 2.24) is 15.1 Å². The quantitative estimate of drug-likeness (QED) is 0.799. The van der Waals surface area contributed by atoms with Crippen LogP contribution in [0.2, 0.25) is 0 Å². The van der Waals surface area contributed by atoms with Crippen LogP contribution in [0, 0.1) is 5.92 Å². The molecule has 3 aromatic rings. The number of rotatable bonds is 3. The van der Waals surface area contributed by atoms with E-state index < -0.39 is 0 Å². The number of nitrogens with one attached hydrogen (secondary N) is 1. The van der Waals surface area contributed by atoms with Crippen LogP contribution < -0.4 is 0 Å². The number of aromatic amines is 1. The van der Waals surface area contributed by atoms with Gasteiger partial charge in [-0.1, -0.05) is 25.1 Å². The lowest BCUT2D eigenvalue weighted by molar-refractivity contribution is -0.135. The van der Waals surface area contributed by atoms with E-state index in [4.69, 9.17) is 4.42 Å². The van der Waals surface area contributed by atoms with E-state index in [0.717, 1.165) is 41.7 Å². The van der Waals surface area contributed by atoms with Gasteiger partial charge in [-0.3, -0.25) is 9.89 Å². The number of aromatic nitrogens is 2. The molecule has 4 rings (SSSR count). The highest BCUT2D eigenvalue weighted by Gasteiger charge is 2.32. The Hall–Kier alpha value is -2.56. The molecule has 124 valence electrons. The average molecular weight is 323 g/mol. The number of carbonyl (C=O) groups excluding carboxylic acids is 1. The van der Waals surface area contributed by atoms with Gasteiger partial charge in [-0.25, -0.2) is 0 Å². The molecule has 1 aromatic carbocycles. The minimum Gasteiger partial charge on any atom is -0.467 e. The van der Waals surface area contributed by atoms with Crippen molar-refractivity contribution < 1.29 is 9.21 Å². The van der Waals surface area contributed by atoms with Gasteiger partial charge in [0, 0.05) is 11.9 Å². The third-order valence-corrected chi connectivity index (χ3v) is 4.93. The van der Waals surface area contributed by atoms with Crippen LogP contribution in [0.25, 0.3) is 10.9 Å². The largest absolute Gasteiger partial charge is 0.467 e. The number of fused-ring (bicyclic) bond motifs is 1. The van der Waals surface area contributed by atoms with Gasteiger partial charge in [-0.05, 0) is 37.0 Å². The second-order valence-corrected chi connectivity index (χ2v) is 6.64. The van der Waals surface area contributed by atoms with Crippen molar-refractivity contribution in [3.8, 4) is 0 Å². The molecule has 1 fully saturated rings. The zero-order chi connectivity index (χ0) is 16.5. The summed E-state index contributed by atoms with van der Waals surface area (Å²) >= 11 is 0. The fourth-order valence-corrected chi connectivity index (χ4v) is 3.59.